The maximum atomic E-state index is 11.2. The summed E-state index contributed by atoms with van der Waals surface area (Å²) in [5.41, 5.74) is 1.98. The van der Waals surface area contributed by atoms with E-state index in [9.17, 15) is 4.79 Å². The summed E-state index contributed by atoms with van der Waals surface area (Å²) < 4.78 is 11.0. The van der Waals surface area contributed by atoms with E-state index in [-0.39, 0.29) is 5.78 Å². The molecule has 1 aromatic heterocycles. The van der Waals surface area contributed by atoms with E-state index < -0.39 is 0 Å². The van der Waals surface area contributed by atoms with Gasteiger partial charge in [0.15, 0.2) is 11.5 Å². The van der Waals surface area contributed by atoms with Crippen LogP contribution in [0.15, 0.2) is 18.3 Å². The van der Waals surface area contributed by atoms with E-state index in [0.717, 1.165) is 28.0 Å². The lowest BCUT2D eigenvalue weighted by atomic mass is 10.1. The third-order valence-corrected chi connectivity index (χ3v) is 2.87. The van der Waals surface area contributed by atoms with E-state index in [1.54, 1.807) is 6.92 Å². The number of hydrogen-bond acceptors (Lipinski definition) is 3. The Morgan fingerprint density at radius 2 is 2.00 bits per heavy atom. The van der Waals surface area contributed by atoms with E-state index in [2.05, 4.69) is 4.98 Å². The second-order valence-electron chi connectivity index (χ2n) is 4.23. The number of fused-ring (bicyclic) bond motifs is 2. The molecular weight excluding hydrogens is 218 g/mol. The summed E-state index contributed by atoms with van der Waals surface area (Å²) in [5.74, 6) is 1.67. The van der Waals surface area contributed by atoms with Gasteiger partial charge in [-0.1, -0.05) is 0 Å². The highest BCUT2D eigenvalue weighted by atomic mass is 16.6. The summed E-state index contributed by atoms with van der Waals surface area (Å²) in [6.07, 6.45) is 2.32. The quantitative estimate of drug-likeness (QED) is 0.860. The highest BCUT2D eigenvalue weighted by Gasteiger charge is 2.15. The number of carbonyl (C=O) groups is 1. The SMILES string of the molecule is CC(=O)Cc1c[nH]c2cc3c(cc12)OCCO3. The van der Waals surface area contributed by atoms with Crippen LogP contribution in [0.2, 0.25) is 0 Å². The van der Waals surface area contributed by atoms with E-state index >= 15 is 0 Å². The van der Waals surface area contributed by atoms with Gasteiger partial charge in [0, 0.05) is 29.6 Å². The minimum absolute atomic E-state index is 0.154. The molecule has 0 aliphatic carbocycles. The van der Waals surface area contributed by atoms with Gasteiger partial charge in [-0.25, -0.2) is 0 Å². The van der Waals surface area contributed by atoms with Crippen molar-refractivity contribution in [1.82, 2.24) is 4.98 Å². The van der Waals surface area contributed by atoms with Crippen molar-refractivity contribution >= 4 is 16.7 Å². The largest absolute Gasteiger partial charge is 0.486 e. The van der Waals surface area contributed by atoms with Crippen molar-refractivity contribution in [2.24, 2.45) is 0 Å². The molecule has 0 amide bonds. The Morgan fingerprint density at radius 1 is 1.29 bits per heavy atom. The molecule has 0 unspecified atom stereocenters. The lowest BCUT2D eigenvalue weighted by Gasteiger charge is -2.18. The van der Waals surface area contributed by atoms with Crippen LogP contribution in [0.4, 0.5) is 0 Å². The molecule has 0 fully saturated rings. The predicted octanol–water partition coefficient (Wildman–Crippen LogP) is 2.07. The molecule has 4 nitrogen and oxygen atoms in total. The van der Waals surface area contributed by atoms with Gasteiger partial charge in [-0.3, -0.25) is 4.79 Å². The first-order chi connectivity index (χ1) is 8.24. The van der Waals surface area contributed by atoms with Crippen LogP contribution in [0, 0.1) is 0 Å². The summed E-state index contributed by atoms with van der Waals surface area (Å²) in [7, 11) is 0. The number of rotatable bonds is 2. The van der Waals surface area contributed by atoms with Crippen LogP contribution >= 0.6 is 0 Å². The highest BCUT2D eigenvalue weighted by Crippen LogP contribution is 2.35. The van der Waals surface area contributed by atoms with Crippen LogP contribution in [0.25, 0.3) is 10.9 Å². The number of aromatic amines is 1. The molecule has 0 atom stereocenters. The van der Waals surface area contributed by atoms with Gasteiger partial charge in [0.05, 0.1) is 0 Å². The normalized spacial score (nSPS) is 13.9. The van der Waals surface area contributed by atoms with Crippen LogP contribution in [0.5, 0.6) is 11.5 Å². The number of H-pyrrole nitrogens is 1. The molecule has 17 heavy (non-hydrogen) atoms. The zero-order chi connectivity index (χ0) is 11.8. The molecule has 0 radical (unpaired) electrons. The molecule has 0 saturated heterocycles. The molecular formula is C13H13NO3. The summed E-state index contributed by atoms with van der Waals surface area (Å²) in [4.78, 5) is 14.3. The van der Waals surface area contributed by atoms with Crippen molar-refractivity contribution in [3.05, 3.63) is 23.9 Å². The fourth-order valence-electron chi connectivity index (χ4n) is 2.13. The molecule has 1 aliphatic heterocycles. The fraction of sp³-hybridized carbons (Fsp3) is 0.308. The Balaban J connectivity index is 2.12. The Morgan fingerprint density at radius 3 is 2.71 bits per heavy atom. The lowest BCUT2D eigenvalue weighted by Crippen LogP contribution is -2.15. The smallest absolute Gasteiger partial charge is 0.163 e. The molecule has 1 N–H and O–H groups in total. The van der Waals surface area contributed by atoms with Crippen molar-refractivity contribution in [2.75, 3.05) is 13.2 Å². The molecule has 0 bridgehead atoms. The van der Waals surface area contributed by atoms with Crippen LogP contribution in [-0.4, -0.2) is 24.0 Å². The minimum Gasteiger partial charge on any atom is -0.486 e. The number of ether oxygens (including phenoxy) is 2. The van der Waals surface area contributed by atoms with E-state index in [0.29, 0.717) is 19.6 Å². The first-order valence-corrected chi connectivity index (χ1v) is 5.63. The molecule has 2 heterocycles. The average Bonchev–Trinajstić information content (AvgIpc) is 2.68. The van der Waals surface area contributed by atoms with Crippen LogP contribution in [0.1, 0.15) is 12.5 Å². The fourth-order valence-corrected chi connectivity index (χ4v) is 2.13. The number of Topliss-reactive ketones (excluding diaryl/α,β-unsaturated/α-hetero) is 1. The Kier molecular flexibility index (Phi) is 2.28. The van der Waals surface area contributed by atoms with E-state index in [4.69, 9.17) is 9.47 Å². The second kappa shape index (κ2) is 3.80. The average molecular weight is 231 g/mol. The van der Waals surface area contributed by atoms with Gasteiger partial charge in [0.2, 0.25) is 0 Å². The van der Waals surface area contributed by atoms with E-state index in [1.165, 1.54) is 0 Å². The maximum absolute atomic E-state index is 11.2. The standard InChI is InChI=1S/C13H13NO3/c1-8(15)4-9-7-14-11-6-13-12(5-10(9)11)16-2-3-17-13/h5-7,14H,2-4H2,1H3. The number of aromatic nitrogens is 1. The summed E-state index contributed by atoms with van der Waals surface area (Å²) in [6.45, 7) is 2.75. The minimum atomic E-state index is 0.154. The van der Waals surface area contributed by atoms with Gasteiger partial charge < -0.3 is 14.5 Å². The number of carbonyl (C=O) groups excluding carboxylic acids is 1. The molecule has 2 aromatic rings. The molecule has 1 aliphatic rings. The topological polar surface area (TPSA) is 51.3 Å². The summed E-state index contributed by atoms with van der Waals surface area (Å²) in [5, 5.41) is 1.03. The van der Waals surface area contributed by atoms with Gasteiger partial charge in [0.25, 0.3) is 0 Å². The monoisotopic (exact) mass is 231 g/mol. The molecule has 3 rings (SSSR count). The predicted molar refractivity (Wildman–Crippen MR) is 63.7 cm³/mol. The van der Waals surface area contributed by atoms with Crippen LogP contribution in [0.3, 0.4) is 0 Å². The van der Waals surface area contributed by atoms with Crippen LogP contribution < -0.4 is 9.47 Å². The van der Waals surface area contributed by atoms with Gasteiger partial charge >= 0.3 is 0 Å². The molecule has 0 spiro atoms. The van der Waals surface area contributed by atoms with Crippen molar-refractivity contribution in [2.45, 2.75) is 13.3 Å². The zero-order valence-electron chi connectivity index (χ0n) is 9.58. The summed E-state index contributed by atoms with van der Waals surface area (Å²) in [6, 6.07) is 3.87. The maximum Gasteiger partial charge on any atom is 0.163 e. The third-order valence-electron chi connectivity index (χ3n) is 2.87. The van der Waals surface area contributed by atoms with Gasteiger partial charge in [0.1, 0.15) is 19.0 Å². The van der Waals surface area contributed by atoms with Crippen molar-refractivity contribution in [1.29, 1.82) is 0 Å². The van der Waals surface area contributed by atoms with Crippen LogP contribution in [-0.2, 0) is 11.2 Å². The molecule has 88 valence electrons. The Labute approximate surface area is 98.5 Å². The third kappa shape index (κ3) is 1.75. The number of nitrogens with one attached hydrogen (secondary N) is 1. The Bertz CT molecular complexity index is 586. The molecule has 1 aromatic carbocycles. The molecule has 0 saturated carbocycles. The summed E-state index contributed by atoms with van der Waals surface area (Å²) >= 11 is 0. The van der Waals surface area contributed by atoms with Gasteiger partial charge in [-0.2, -0.15) is 0 Å². The highest BCUT2D eigenvalue weighted by molar-refractivity contribution is 5.91. The number of ketones is 1. The molecule has 4 heteroatoms. The van der Waals surface area contributed by atoms with Gasteiger partial charge in [-0.15, -0.1) is 0 Å². The first-order valence-electron chi connectivity index (χ1n) is 5.63. The first kappa shape index (κ1) is 10.2. The van der Waals surface area contributed by atoms with Crippen molar-refractivity contribution in [3.63, 3.8) is 0 Å². The second-order valence-corrected chi connectivity index (χ2v) is 4.23. The van der Waals surface area contributed by atoms with Crippen molar-refractivity contribution in [3.8, 4) is 11.5 Å². The zero-order valence-corrected chi connectivity index (χ0v) is 9.58. The van der Waals surface area contributed by atoms with E-state index in [1.807, 2.05) is 18.3 Å². The van der Waals surface area contributed by atoms with Crippen molar-refractivity contribution < 1.29 is 14.3 Å². The van der Waals surface area contributed by atoms with Gasteiger partial charge in [-0.05, 0) is 18.6 Å². The number of hydrogen-bond donors (Lipinski definition) is 1. The lowest BCUT2D eigenvalue weighted by molar-refractivity contribution is -0.116. The number of benzene rings is 1. The Hall–Kier alpha value is -1.97.